The van der Waals surface area contributed by atoms with E-state index in [9.17, 15) is 9.59 Å². The van der Waals surface area contributed by atoms with E-state index in [0.717, 1.165) is 29.0 Å². The first-order valence-corrected chi connectivity index (χ1v) is 9.45. The van der Waals surface area contributed by atoms with Crippen molar-refractivity contribution in [1.29, 1.82) is 0 Å². The number of aromatic nitrogens is 3. The third kappa shape index (κ3) is 4.30. The number of pyridine rings is 1. The molecule has 7 heteroatoms. The minimum atomic E-state index is -0.216. The Kier molecular flexibility index (Phi) is 5.55. The van der Waals surface area contributed by atoms with Crippen LogP contribution < -0.4 is 10.9 Å². The summed E-state index contributed by atoms with van der Waals surface area (Å²) in [7, 11) is 0. The average Bonchev–Trinajstić information content (AvgIpc) is 3.04. The average molecular weight is 356 g/mol. The van der Waals surface area contributed by atoms with Crippen molar-refractivity contribution in [2.75, 3.05) is 12.0 Å². The molecule has 1 aromatic carbocycles. The molecule has 0 saturated heterocycles. The third-order valence-corrected chi connectivity index (χ3v) is 4.54. The second kappa shape index (κ2) is 8.02. The number of hydrogen-bond donors (Lipinski definition) is 2. The van der Waals surface area contributed by atoms with Gasteiger partial charge in [0.25, 0.3) is 5.56 Å². The van der Waals surface area contributed by atoms with Gasteiger partial charge < -0.3 is 14.9 Å². The Morgan fingerprint density at radius 1 is 1.28 bits per heavy atom. The lowest BCUT2D eigenvalue weighted by Gasteiger charge is -2.16. The molecule has 0 saturated carbocycles. The van der Waals surface area contributed by atoms with Crippen LogP contribution in [-0.4, -0.2) is 32.5 Å². The van der Waals surface area contributed by atoms with Crippen LogP contribution in [0.3, 0.4) is 0 Å². The lowest BCUT2D eigenvalue weighted by Crippen LogP contribution is -2.35. The molecular formula is C18H20N4O2S. The maximum absolute atomic E-state index is 12.4. The minimum Gasteiger partial charge on any atom is -0.345 e. The molecule has 1 atom stereocenters. The van der Waals surface area contributed by atoms with Gasteiger partial charge in [0, 0.05) is 12.3 Å². The number of imidazole rings is 1. The highest BCUT2D eigenvalue weighted by Gasteiger charge is 2.18. The second-order valence-corrected chi connectivity index (χ2v) is 6.69. The van der Waals surface area contributed by atoms with Gasteiger partial charge in [0.05, 0.1) is 17.1 Å². The third-order valence-electron chi connectivity index (χ3n) is 3.90. The predicted molar refractivity (Wildman–Crippen MR) is 101 cm³/mol. The van der Waals surface area contributed by atoms with Crippen molar-refractivity contribution in [3.8, 4) is 0 Å². The summed E-state index contributed by atoms with van der Waals surface area (Å²) in [6.45, 7) is -0.00430. The highest BCUT2D eigenvalue weighted by Crippen LogP contribution is 2.20. The number of nitrogens with one attached hydrogen (secondary N) is 2. The van der Waals surface area contributed by atoms with E-state index < -0.39 is 0 Å². The molecule has 2 aromatic heterocycles. The van der Waals surface area contributed by atoms with E-state index in [1.54, 1.807) is 30.1 Å². The fourth-order valence-corrected chi connectivity index (χ4v) is 3.11. The smallest absolute Gasteiger partial charge is 0.250 e. The van der Waals surface area contributed by atoms with Gasteiger partial charge in [0.2, 0.25) is 5.91 Å². The maximum Gasteiger partial charge on any atom is 0.250 e. The van der Waals surface area contributed by atoms with E-state index in [1.807, 2.05) is 30.5 Å². The number of H-pyrrole nitrogens is 1. The molecule has 0 aliphatic carbocycles. The van der Waals surface area contributed by atoms with Crippen LogP contribution in [0.1, 0.15) is 18.3 Å². The van der Waals surface area contributed by atoms with Crippen molar-refractivity contribution in [3.63, 3.8) is 0 Å². The summed E-state index contributed by atoms with van der Waals surface area (Å²) in [5, 5.41) is 3.00. The van der Waals surface area contributed by atoms with Crippen molar-refractivity contribution >= 4 is 28.7 Å². The van der Waals surface area contributed by atoms with E-state index >= 15 is 0 Å². The van der Waals surface area contributed by atoms with E-state index in [2.05, 4.69) is 15.3 Å². The number of carbonyl (C=O) groups is 1. The van der Waals surface area contributed by atoms with Gasteiger partial charge in [-0.2, -0.15) is 11.8 Å². The first-order chi connectivity index (χ1) is 12.2. The normalized spacial score (nSPS) is 12.2. The molecule has 25 heavy (non-hydrogen) atoms. The molecule has 0 aliphatic rings. The van der Waals surface area contributed by atoms with Gasteiger partial charge in [-0.3, -0.25) is 9.59 Å². The SMILES string of the molecule is CSCC[C@H](NC(=O)Cn1ccccc1=O)c1nc2ccccc2[nH]1. The Morgan fingerprint density at radius 2 is 2.08 bits per heavy atom. The summed E-state index contributed by atoms with van der Waals surface area (Å²) in [5.74, 6) is 1.43. The number of carbonyl (C=O) groups excluding carboxylic acids is 1. The van der Waals surface area contributed by atoms with Gasteiger partial charge in [-0.25, -0.2) is 4.98 Å². The van der Waals surface area contributed by atoms with Gasteiger partial charge in [-0.05, 0) is 36.6 Å². The second-order valence-electron chi connectivity index (χ2n) is 5.71. The molecule has 3 aromatic rings. The number of benzene rings is 1. The van der Waals surface area contributed by atoms with Crippen LogP contribution in [-0.2, 0) is 11.3 Å². The summed E-state index contributed by atoms with van der Waals surface area (Å²) >= 11 is 1.72. The highest BCUT2D eigenvalue weighted by molar-refractivity contribution is 7.98. The Balaban J connectivity index is 1.77. The van der Waals surface area contributed by atoms with Crippen LogP contribution in [0.25, 0.3) is 11.0 Å². The van der Waals surface area contributed by atoms with Gasteiger partial charge in [-0.1, -0.05) is 18.2 Å². The Labute approximate surface area is 149 Å². The fourth-order valence-electron chi connectivity index (χ4n) is 2.64. The molecule has 2 heterocycles. The molecule has 0 radical (unpaired) electrons. The minimum absolute atomic E-state index is 0.00430. The molecule has 0 spiro atoms. The number of hydrogen-bond acceptors (Lipinski definition) is 4. The quantitative estimate of drug-likeness (QED) is 0.681. The molecule has 0 fully saturated rings. The van der Waals surface area contributed by atoms with Crippen molar-refractivity contribution < 1.29 is 4.79 Å². The molecule has 0 unspecified atom stereocenters. The summed E-state index contributed by atoms with van der Waals surface area (Å²) < 4.78 is 1.39. The van der Waals surface area contributed by atoms with Crippen LogP contribution in [0, 0.1) is 0 Å². The molecule has 130 valence electrons. The Bertz CT molecular complexity index is 885. The largest absolute Gasteiger partial charge is 0.345 e. The molecular weight excluding hydrogens is 336 g/mol. The van der Waals surface area contributed by atoms with E-state index in [-0.39, 0.29) is 24.1 Å². The zero-order chi connectivity index (χ0) is 17.6. The lowest BCUT2D eigenvalue weighted by atomic mass is 10.2. The van der Waals surface area contributed by atoms with Crippen LogP contribution in [0.5, 0.6) is 0 Å². The monoisotopic (exact) mass is 356 g/mol. The van der Waals surface area contributed by atoms with Gasteiger partial charge in [0.15, 0.2) is 0 Å². The highest BCUT2D eigenvalue weighted by atomic mass is 32.2. The van der Waals surface area contributed by atoms with E-state index in [4.69, 9.17) is 0 Å². The number of para-hydroxylation sites is 2. The predicted octanol–water partition coefficient (Wildman–Crippen LogP) is 2.34. The Hall–Kier alpha value is -2.54. The van der Waals surface area contributed by atoms with Crippen molar-refractivity contribution in [3.05, 3.63) is 64.8 Å². The summed E-state index contributed by atoms with van der Waals surface area (Å²) in [6, 6.07) is 12.4. The standard InChI is InChI=1S/C18H20N4O2S/c1-25-11-9-15(18-20-13-6-2-3-7-14(13)21-18)19-16(23)12-22-10-5-4-8-17(22)24/h2-8,10,15H,9,11-12H2,1H3,(H,19,23)(H,20,21)/t15-/m0/s1. The topological polar surface area (TPSA) is 79.8 Å². The van der Waals surface area contributed by atoms with Crippen molar-refractivity contribution in [2.24, 2.45) is 0 Å². The Morgan fingerprint density at radius 3 is 2.84 bits per heavy atom. The van der Waals surface area contributed by atoms with Crippen LogP contribution in [0.2, 0.25) is 0 Å². The van der Waals surface area contributed by atoms with Crippen LogP contribution in [0.15, 0.2) is 53.5 Å². The van der Waals surface area contributed by atoms with Crippen LogP contribution >= 0.6 is 11.8 Å². The molecule has 0 bridgehead atoms. The summed E-state index contributed by atoms with van der Waals surface area (Å²) in [5.41, 5.74) is 1.63. The van der Waals surface area contributed by atoms with Gasteiger partial charge in [-0.15, -0.1) is 0 Å². The van der Waals surface area contributed by atoms with Crippen molar-refractivity contribution in [2.45, 2.75) is 19.0 Å². The first-order valence-electron chi connectivity index (χ1n) is 8.06. The summed E-state index contributed by atoms with van der Waals surface area (Å²) in [6.07, 6.45) is 4.40. The molecule has 6 nitrogen and oxygen atoms in total. The molecule has 3 rings (SSSR count). The van der Waals surface area contributed by atoms with Crippen molar-refractivity contribution in [1.82, 2.24) is 19.9 Å². The molecule has 2 N–H and O–H groups in total. The fraction of sp³-hybridized carbons (Fsp3) is 0.278. The van der Waals surface area contributed by atoms with E-state index in [0.29, 0.717) is 0 Å². The van der Waals surface area contributed by atoms with Gasteiger partial charge >= 0.3 is 0 Å². The maximum atomic E-state index is 12.4. The van der Waals surface area contributed by atoms with Crippen LogP contribution in [0.4, 0.5) is 0 Å². The number of rotatable bonds is 7. The number of nitrogens with zero attached hydrogens (tertiary/aromatic N) is 2. The van der Waals surface area contributed by atoms with Gasteiger partial charge in [0.1, 0.15) is 12.4 Å². The summed E-state index contributed by atoms with van der Waals surface area (Å²) in [4.78, 5) is 32.0. The zero-order valence-electron chi connectivity index (χ0n) is 13.9. The number of aromatic amines is 1. The van der Waals surface area contributed by atoms with E-state index in [1.165, 1.54) is 10.6 Å². The zero-order valence-corrected chi connectivity index (χ0v) is 14.8. The number of fused-ring (bicyclic) bond motifs is 1. The molecule has 1 amide bonds. The lowest BCUT2D eigenvalue weighted by molar-refractivity contribution is -0.122. The number of thioether (sulfide) groups is 1. The number of amides is 1. The molecule has 0 aliphatic heterocycles. The first kappa shape index (κ1) is 17.3.